The quantitative estimate of drug-likeness (QED) is 0.165. The van der Waals surface area contributed by atoms with Gasteiger partial charge < -0.3 is 0 Å². The van der Waals surface area contributed by atoms with Crippen LogP contribution in [-0.2, 0) is 30.2 Å². The monoisotopic (exact) mass is 865 g/mol. The van der Waals surface area contributed by atoms with Crippen molar-refractivity contribution in [3.8, 4) is 17.3 Å². The first kappa shape index (κ1) is 35.4. The molecule has 0 bridgehead atoms. The molecule has 5 nitrogen and oxygen atoms in total. The number of para-hydroxylation sites is 1. The average molecular weight is 866 g/mol. The van der Waals surface area contributed by atoms with Crippen molar-refractivity contribution in [3.63, 3.8) is 0 Å². The Bertz CT molecular complexity index is 2430. The summed E-state index contributed by atoms with van der Waals surface area (Å²) in [5, 5.41) is 6.11. The molecule has 0 fully saturated rings. The van der Waals surface area contributed by atoms with Gasteiger partial charge in [0.1, 0.15) is 0 Å². The third-order valence-electron chi connectivity index (χ3n) is 9.76. The molecule has 0 amide bonds. The van der Waals surface area contributed by atoms with Crippen LogP contribution in [0.1, 0.15) is 63.8 Å². The van der Waals surface area contributed by atoms with Crippen LogP contribution in [-0.4, -0.2) is 14.1 Å². The number of benzene rings is 5. The van der Waals surface area contributed by atoms with Gasteiger partial charge in [-0.15, -0.1) is 0 Å². The Kier molecular flexibility index (Phi) is 9.44. The van der Waals surface area contributed by atoms with Crippen LogP contribution in [0, 0.1) is 13.8 Å². The average Bonchev–Trinajstić information content (AvgIpc) is 3.44. The van der Waals surface area contributed by atoms with E-state index >= 15 is 0 Å². The molecule has 0 aliphatic heterocycles. The van der Waals surface area contributed by atoms with Crippen LogP contribution in [0.3, 0.4) is 0 Å². The van der Waals surface area contributed by atoms with E-state index in [4.69, 9.17) is 9.72 Å². The number of anilines is 4. The third kappa shape index (κ3) is 6.95. The summed E-state index contributed by atoms with van der Waals surface area (Å²) in [7, 11) is 0. The fourth-order valence-corrected chi connectivity index (χ4v) is 7.44. The second-order valence-corrected chi connectivity index (χ2v) is 16.2. The minimum absolute atomic E-state index is 0.0521. The van der Waals surface area contributed by atoms with Crippen LogP contribution < -0.4 is 15.0 Å². The van der Waals surface area contributed by atoms with E-state index in [0.29, 0.717) is 0 Å². The van der Waals surface area contributed by atoms with E-state index in [1.165, 1.54) is 22.1 Å². The summed E-state index contributed by atoms with van der Waals surface area (Å²) in [6.07, 6.45) is 1.84. The molecule has 0 saturated carbocycles. The molecule has 0 aliphatic rings. The van der Waals surface area contributed by atoms with Gasteiger partial charge in [0.15, 0.2) is 0 Å². The molecule has 0 radical (unpaired) electrons. The Morgan fingerprint density at radius 2 is 1.46 bits per heavy atom. The molecule has 2 heterocycles. The Labute approximate surface area is 318 Å². The molecule has 52 heavy (non-hydrogen) atoms. The number of hydrogen-bond acceptors (Lipinski definition) is 4. The van der Waals surface area contributed by atoms with Crippen LogP contribution in [0.4, 0.5) is 22.7 Å². The van der Waals surface area contributed by atoms with E-state index in [-0.39, 0.29) is 10.8 Å². The second-order valence-electron chi connectivity index (χ2n) is 15.6. The maximum absolute atomic E-state index is 6.92. The Balaban J connectivity index is 1.32. The van der Waals surface area contributed by atoms with Gasteiger partial charge in [-0.25, -0.2) is 0 Å². The number of hydrogen-bond donors (Lipinski definition) is 1. The van der Waals surface area contributed by atoms with E-state index < -0.39 is 0 Å². The first-order valence-corrected chi connectivity index (χ1v) is 19.1. The van der Waals surface area contributed by atoms with Gasteiger partial charge in [0, 0.05) is 6.20 Å². The van der Waals surface area contributed by atoms with Gasteiger partial charge in [-0.2, -0.15) is 0 Å². The van der Waals surface area contributed by atoms with Gasteiger partial charge in [0.2, 0.25) is 0 Å². The van der Waals surface area contributed by atoms with E-state index in [9.17, 15) is 0 Å². The summed E-state index contributed by atoms with van der Waals surface area (Å²) in [6.45, 7) is 17.8. The topological polar surface area (TPSA) is 42.3 Å². The van der Waals surface area contributed by atoms with Crippen molar-refractivity contribution in [2.24, 2.45) is 0 Å². The molecule has 2 aromatic heterocycles. The number of ether oxygens (including phenoxy) is 1. The number of fused-ring (bicyclic) bond motifs is 3. The zero-order valence-electron chi connectivity index (χ0n) is 31.2. The van der Waals surface area contributed by atoms with Gasteiger partial charge >= 0.3 is 290 Å². The Morgan fingerprint density at radius 1 is 0.712 bits per heavy atom. The molecule has 0 atom stereocenters. The van der Waals surface area contributed by atoms with Crippen molar-refractivity contribution < 1.29 is 24.1 Å². The molecule has 1 N–H and O–H groups in total. The molecule has 6 heteroatoms. The summed E-state index contributed by atoms with van der Waals surface area (Å²) >= 11 is 2.33. The molecule has 7 aromatic rings. The van der Waals surface area contributed by atoms with Crippen LogP contribution in [0.15, 0.2) is 121 Å². The summed E-state index contributed by atoms with van der Waals surface area (Å²) in [5.74, 6) is 2.47. The number of nitrogens with zero attached hydrogens (tertiary/aromatic N) is 3. The molecule has 0 unspecified atom stereocenters. The molecule has 266 valence electrons. The van der Waals surface area contributed by atoms with Crippen LogP contribution in [0.25, 0.3) is 27.6 Å². The van der Waals surface area contributed by atoms with Gasteiger partial charge in [0.25, 0.3) is 0 Å². The second kappa shape index (κ2) is 13.9. The van der Waals surface area contributed by atoms with Gasteiger partial charge in [-0.05, 0) is 6.07 Å². The molecule has 0 saturated heterocycles. The Hall–Kier alpha value is -4.99. The van der Waals surface area contributed by atoms with Crippen molar-refractivity contribution in [2.45, 2.75) is 66.2 Å². The normalized spacial score (nSPS) is 12.0. The van der Waals surface area contributed by atoms with Crippen molar-refractivity contribution in [1.29, 1.82) is 0 Å². The van der Waals surface area contributed by atoms with Crippen molar-refractivity contribution in [1.82, 2.24) is 9.55 Å². The van der Waals surface area contributed by atoms with Gasteiger partial charge in [-0.3, -0.25) is 0 Å². The first-order valence-electron chi connectivity index (χ1n) is 17.8. The number of rotatable bonds is 8. The predicted octanol–water partition coefficient (Wildman–Crippen LogP) is 12.4. The van der Waals surface area contributed by atoms with Crippen LogP contribution in [0.2, 0.25) is 0 Å². The SMILES string of the molecule is Cc1cc(Nc2cccc(C(C)(C)C)c2)c(N([CH]=[Pt])c2ccc(C(C)(C)C)c(Oc3ccc4c5ccccc5n(-c5ccccn5)c4c3)c2)cc1C. The molecule has 5 aromatic carbocycles. The van der Waals surface area contributed by atoms with Crippen LogP contribution >= 0.6 is 0 Å². The van der Waals surface area contributed by atoms with Gasteiger partial charge in [0.05, 0.1) is 0 Å². The van der Waals surface area contributed by atoms with Crippen molar-refractivity contribution >= 4 is 49.1 Å². The van der Waals surface area contributed by atoms with Gasteiger partial charge in [-0.1, -0.05) is 18.2 Å². The summed E-state index contributed by atoms with van der Waals surface area (Å²) in [5.41, 5.74) is 11.1. The molecule has 7 rings (SSSR count). The fourth-order valence-electron chi connectivity index (χ4n) is 6.79. The molecule has 0 aliphatic carbocycles. The molecule has 0 spiro atoms. The number of aryl methyl sites for hydroxylation is 2. The third-order valence-corrected chi connectivity index (χ3v) is 10.4. The number of nitrogens with one attached hydrogen (secondary N) is 1. The minimum atomic E-state index is -0.148. The standard InChI is InChI=1S/C46H46N4O.Pt/c1-30-25-39(48-33-16-14-15-32(27-33)45(3,4)5)42(26-31(30)2)49(9)34-20-23-38(46(6,7)8)43(28-34)51-35-21-22-37-36-17-10-11-18-40(36)50(41(37)29-35)44-19-12-13-24-47-44;/h9-29,48H,1-8H3;. The van der Waals surface area contributed by atoms with Crippen LogP contribution in [0.5, 0.6) is 11.5 Å². The van der Waals surface area contributed by atoms with E-state index in [1.54, 1.807) is 0 Å². The van der Waals surface area contributed by atoms with E-state index in [1.807, 2.05) is 24.4 Å². The first-order chi connectivity index (χ1) is 24.8. The fraction of sp³-hybridized carbons (Fsp3) is 0.217. The number of aromatic nitrogens is 2. The summed E-state index contributed by atoms with van der Waals surface area (Å²) in [4.78, 5) is 6.96. The van der Waals surface area contributed by atoms with Crippen molar-refractivity contribution in [3.05, 3.63) is 144 Å². The molecular weight excluding hydrogens is 820 g/mol. The zero-order chi connectivity index (χ0) is 36.8. The predicted molar refractivity (Wildman–Crippen MR) is 216 cm³/mol. The number of pyridine rings is 1. The van der Waals surface area contributed by atoms with Crippen molar-refractivity contribution in [2.75, 3.05) is 10.2 Å². The maximum atomic E-state index is 6.92. The zero-order valence-corrected chi connectivity index (χ0v) is 33.5. The summed E-state index contributed by atoms with van der Waals surface area (Å²) < 4.78 is 11.2. The van der Waals surface area contributed by atoms with E-state index in [0.717, 1.165) is 62.0 Å². The Morgan fingerprint density at radius 3 is 2.19 bits per heavy atom. The summed E-state index contributed by atoms with van der Waals surface area (Å²) in [6, 6.07) is 40.7. The van der Waals surface area contributed by atoms with E-state index in [2.05, 4.69) is 191 Å². The molecular formula is C46H46N4OPt.